The Morgan fingerprint density at radius 1 is 1.24 bits per heavy atom. The van der Waals surface area contributed by atoms with E-state index in [4.69, 9.17) is 21.1 Å². The van der Waals surface area contributed by atoms with Crippen molar-refractivity contribution < 1.29 is 19.1 Å². The normalized spacial score (nSPS) is 23.8. The van der Waals surface area contributed by atoms with Crippen LogP contribution in [0, 0.1) is 5.92 Å². The molecule has 1 fully saturated rings. The second kappa shape index (κ2) is 9.11. The van der Waals surface area contributed by atoms with E-state index >= 15 is 0 Å². The molecule has 1 atom stereocenters. The number of carbonyl (C=O) groups excluding carboxylic acids is 2. The van der Waals surface area contributed by atoms with Crippen LogP contribution in [0.2, 0.25) is 5.02 Å². The lowest BCUT2D eigenvalue weighted by molar-refractivity contribution is -0.128. The van der Waals surface area contributed by atoms with E-state index in [-0.39, 0.29) is 18.0 Å². The molecular weight excluding hydrogens is 394 g/mol. The Kier molecular flexibility index (Phi) is 6.77. The Bertz CT molecular complexity index is 742. The molecule has 0 saturated heterocycles. The van der Waals surface area contributed by atoms with Crippen molar-refractivity contribution in [1.82, 2.24) is 10.6 Å². The fraction of sp³-hybridized carbons (Fsp3) is 0.619. The maximum Gasteiger partial charge on any atom is 0.407 e. The van der Waals surface area contributed by atoms with Crippen molar-refractivity contribution in [2.24, 2.45) is 5.92 Å². The highest BCUT2D eigenvalue weighted by molar-refractivity contribution is 6.30. The number of anilines is 1. The van der Waals surface area contributed by atoms with Gasteiger partial charge in [-0.2, -0.15) is 0 Å². The molecule has 0 bridgehead atoms. The monoisotopic (exact) mass is 423 g/mol. The number of carbonyl (C=O) groups is 2. The van der Waals surface area contributed by atoms with E-state index in [0.29, 0.717) is 29.8 Å². The number of rotatable bonds is 4. The van der Waals surface area contributed by atoms with Crippen LogP contribution in [-0.4, -0.2) is 42.8 Å². The first kappa shape index (κ1) is 21.6. The zero-order chi connectivity index (χ0) is 21.0. The number of hydrogen-bond donors (Lipinski definition) is 3. The predicted octanol–water partition coefficient (Wildman–Crippen LogP) is 3.71. The highest BCUT2D eigenvalue weighted by Crippen LogP contribution is 2.32. The summed E-state index contributed by atoms with van der Waals surface area (Å²) in [5, 5.41) is 9.77. The third-order valence-electron chi connectivity index (χ3n) is 5.11. The predicted molar refractivity (Wildman–Crippen MR) is 112 cm³/mol. The third-order valence-corrected chi connectivity index (χ3v) is 5.34. The molecule has 160 valence electrons. The highest BCUT2D eigenvalue weighted by Gasteiger charge is 2.29. The number of halogens is 1. The molecule has 1 saturated carbocycles. The zero-order valence-corrected chi connectivity index (χ0v) is 18.0. The highest BCUT2D eigenvalue weighted by atomic mass is 35.5. The lowest BCUT2D eigenvalue weighted by atomic mass is 9.86. The Labute approximate surface area is 176 Å². The Morgan fingerprint density at radius 2 is 1.97 bits per heavy atom. The van der Waals surface area contributed by atoms with Crippen molar-refractivity contribution >= 4 is 29.3 Å². The summed E-state index contributed by atoms with van der Waals surface area (Å²) in [6.07, 6.45) is 2.74. The van der Waals surface area contributed by atoms with Crippen molar-refractivity contribution in [3.05, 3.63) is 23.2 Å². The molecular formula is C21H30ClN3O4. The van der Waals surface area contributed by atoms with E-state index < -0.39 is 11.7 Å². The van der Waals surface area contributed by atoms with E-state index in [2.05, 4.69) is 16.0 Å². The summed E-state index contributed by atoms with van der Waals surface area (Å²) in [6.45, 7) is 6.55. The van der Waals surface area contributed by atoms with Crippen molar-refractivity contribution in [3.63, 3.8) is 0 Å². The molecule has 29 heavy (non-hydrogen) atoms. The first-order valence-corrected chi connectivity index (χ1v) is 10.5. The molecule has 1 heterocycles. The maximum absolute atomic E-state index is 12.6. The largest absolute Gasteiger partial charge is 0.477 e. The van der Waals surface area contributed by atoms with Gasteiger partial charge in [0.1, 0.15) is 11.4 Å². The van der Waals surface area contributed by atoms with E-state index in [1.54, 1.807) is 18.2 Å². The molecule has 1 unspecified atom stereocenters. The van der Waals surface area contributed by atoms with Crippen LogP contribution in [0.1, 0.15) is 46.5 Å². The number of alkyl carbamates (subject to hydrolysis) is 1. The number of fused-ring (bicyclic) bond motifs is 1. The van der Waals surface area contributed by atoms with Gasteiger partial charge in [-0.3, -0.25) is 4.79 Å². The van der Waals surface area contributed by atoms with Crippen LogP contribution in [0.5, 0.6) is 5.75 Å². The Hall–Kier alpha value is -2.15. The van der Waals surface area contributed by atoms with E-state index in [0.717, 1.165) is 31.4 Å². The van der Waals surface area contributed by atoms with Crippen LogP contribution >= 0.6 is 11.6 Å². The summed E-state index contributed by atoms with van der Waals surface area (Å²) >= 11 is 5.98. The molecule has 7 nitrogen and oxygen atoms in total. The number of amides is 2. The quantitative estimate of drug-likeness (QED) is 0.687. The summed E-state index contributed by atoms with van der Waals surface area (Å²) in [5.41, 5.74) is 0.314. The fourth-order valence-corrected chi connectivity index (χ4v) is 3.81. The molecule has 3 rings (SSSR count). The van der Waals surface area contributed by atoms with Crippen molar-refractivity contribution in [2.75, 3.05) is 18.4 Å². The standard InChI is InChI=1S/C21H30ClN3O4/c1-21(2,3)29-20(27)24-11-13-4-7-15(8-5-13)25-19(26)18-12-23-16-10-14(22)6-9-17(16)28-18/h6,9-10,13,15,18,23H,4-5,7-8,11-12H2,1-3H3,(H,24,27)(H,25,26)/t13-,15-,18?. The molecule has 1 aliphatic heterocycles. The van der Waals surface area contributed by atoms with E-state index in [1.165, 1.54) is 0 Å². The van der Waals surface area contributed by atoms with Gasteiger partial charge in [0.2, 0.25) is 0 Å². The average Bonchev–Trinajstić information content (AvgIpc) is 2.65. The van der Waals surface area contributed by atoms with Gasteiger partial charge in [0, 0.05) is 17.6 Å². The maximum atomic E-state index is 12.6. The van der Waals surface area contributed by atoms with Crippen LogP contribution in [0.25, 0.3) is 0 Å². The molecule has 1 aliphatic carbocycles. The van der Waals surface area contributed by atoms with Gasteiger partial charge >= 0.3 is 6.09 Å². The van der Waals surface area contributed by atoms with Crippen LogP contribution < -0.4 is 20.7 Å². The van der Waals surface area contributed by atoms with Crippen LogP contribution in [0.3, 0.4) is 0 Å². The van der Waals surface area contributed by atoms with Gasteiger partial charge in [0.25, 0.3) is 5.91 Å². The SMILES string of the molecule is CC(C)(C)OC(=O)NC[C@H]1CC[C@H](NC(=O)C2CNc3cc(Cl)ccc3O2)CC1. The van der Waals surface area contributed by atoms with Gasteiger partial charge < -0.3 is 25.4 Å². The van der Waals surface area contributed by atoms with Gasteiger partial charge in [-0.25, -0.2) is 4.79 Å². The molecule has 0 spiro atoms. The third kappa shape index (κ3) is 6.42. The number of benzene rings is 1. The Balaban J connectivity index is 1.39. The summed E-state index contributed by atoms with van der Waals surface area (Å²) in [4.78, 5) is 24.4. The smallest absolute Gasteiger partial charge is 0.407 e. The topological polar surface area (TPSA) is 88.7 Å². The van der Waals surface area contributed by atoms with Crippen molar-refractivity contribution in [3.8, 4) is 5.75 Å². The van der Waals surface area contributed by atoms with E-state index in [9.17, 15) is 9.59 Å². The number of nitrogens with one attached hydrogen (secondary N) is 3. The zero-order valence-electron chi connectivity index (χ0n) is 17.2. The molecule has 0 radical (unpaired) electrons. The molecule has 2 amide bonds. The van der Waals surface area contributed by atoms with Crippen LogP contribution in [0.4, 0.5) is 10.5 Å². The van der Waals surface area contributed by atoms with Crippen molar-refractivity contribution in [1.29, 1.82) is 0 Å². The van der Waals surface area contributed by atoms with E-state index in [1.807, 2.05) is 20.8 Å². The molecule has 8 heteroatoms. The molecule has 0 aromatic heterocycles. The molecule has 3 N–H and O–H groups in total. The summed E-state index contributed by atoms with van der Waals surface area (Å²) in [6, 6.07) is 5.44. The molecule has 2 aliphatic rings. The van der Waals surface area contributed by atoms with Gasteiger partial charge in [0.15, 0.2) is 6.10 Å². The van der Waals surface area contributed by atoms with Gasteiger partial charge in [-0.1, -0.05) is 11.6 Å². The summed E-state index contributed by atoms with van der Waals surface area (Å²) < 4.78 is 11.1. The lowest BCUT2D eigenvalue weighted by Gasteiger charge is -2.32. The minimum atomic E-state index is -0.560. The van der Waals surface area contributed by atoms with Gasteiger partial charge in [-0.05, 0) is 70.6 Å². The van der Waals surface area contributed by atoms with Crippen molar-refractivity contribution in [2.45, 2.75) is 64.2 Å². The van der Waals surface area contributed by atoms with Crippen LogP contribution in [0.15, 0.2) is 18.2 Å². The van der Waals surface area contributed by atoms with Crippen LogP contribution in [-0.2, 0) is 9.53 Å². The first-order chi connectivity index (χ1) is 13.7. The second-order valence-corrected chi connectivity index (χ2v) is 9.17. The lowest BCUT2D eigenvalue weighted by Crippen LogP contribution is -2.49. The molecule has 1 aromatic carbocycles. The van der Waals surface area contributed by atoms with Gasteiger partial charge in [-0.15, -0.1) is 0 Å². The first-order valence-electron chi connectivity index (χ1n) is 10.2. The average molecular weight is 424 g/mol. The van der Waals surface area contributed by atoms with Gasteiger partial charge in [0.05, 0.1) is 12.2 Å². The fourth-order valence-electron chi connectivity index (χ4n) is 3.63. The minimum absolute atomic E-state index is 0.103. The minimum Gasteiger partial charge on any atom is -0.477 e. The summed E-state index contributed by atoms with van der Waals surface area (Å²) in [7, 11) is 0. The molecule has 1 aromatic rings. The summed E-state index contributed by atoms with van der Waals surface area (Å²) in [5.74, 6) is 0.936. The number of hydrogen-bond acceptors (Lipinski definition) is 5. The Morgan fingerprint density at radius 3 is 2.66 bits per heavy atom. The second-order valence-electron chi connectivity index (χ2n) is 8.74. The number of ether oxygens (including phenoxy) is 2.